The molecule has 3 rings (SSSR count). The van der Waals surface area contributed by atoms with E-state index in [4.69, 9.17) is 0 Å². The van der Waals surface area contributed by atoms with Crippen molar-refractivity contribution >= 4 is 23.4 Å². The number of benzene rings is 1. The maximum absolute atomic E-state index is 12.6. The monoisotopic (exact) mass is 386 g/mol. The molecular weight excluding hydrogens is 356 g/mol. The molecule has 1 saturated carbocycles. The smallest absolute Gasteiger partial charge is 0.313 e. The van der Waals surface area contributed by atoms with E-state index in [0.717, 1.165) is 51.6 Å². The minimum absolute atomic E-state index is 0.187. The van der Waals surface area contributed by atoms with Gasteiger partial charge in [0.1, 0.15) is 0 Å². The van der Waals surface area contributed by atoms with Gasteiger partial charge in [-0.25, -0.2) is 0 Å². The Labute approximate surface area is 166 Å². The average Bonchev–Trinajstić information content (AvgIpc) is 3.37. The summed E-state index contributed by atoms with van der Waals surface area (Å²) in [5.74, 6) is -1.64. The third-order valence-electron chi connectivity index (χ3n) is 5.72. The maximum atomic E-state index is 12.6. The number of rotatable bonds is 6. The second kappa shape index (κ2) is 9.68. The Hall–Kier alpha value is -2.41. The van der Waals surface area contributed by atoms with Crippen molar-refractivity contribution in [1.82, 2.24) is 15.5 Å². The number of likely N-dealkylation sites (N-methyl/N-ethyl adjacent to an activating group) is 1. The van der Waals surface area contributed by atoms with Crippen molar-refractivity contribution < 1.29 is 14.4 Å². The van der Waals surface area contributed by atoms with Crippen LogP contribution in [0.3, 0.4) is 0 Å². The third-order valence-corrected chi connectivity index (χ3v) is 5.72. The van der Waals surface area contributed by atoms with Gasteiger partial charge in [0.25, 0.3) is 5.91 Å². The fourth-order valence-electron chi connectivity index (χ4n) is 4.14. The van der Waals surface area contributed by atoms with Crippen LogP contribution in [0, 0.1) is 0 Å². The van der Waals surface area contributed by atoms with Crippen LogP contribution in [0.25, 0.3) is 0 Å². The van der Waals surface area contributed by atoms with E-state index in [9.17, 15) is 14.4 Å². The van der Waals surface area contributed by atoms with Crippen LogP contribution in [0.15, 0.2) is 24.3 Å². The van der Waals surface area contributed by atoms with Crippen molar-refractivity contribution in [2.45, 2.75) is 57.5 Å². The summed E-state index contributed by atoms with van der Waals surface area (Å²) in [6, 6.07) is 7.26. The number of likely N-dealkylation sites (tertiary alicyclic amines) is 1. The molecule has 28 heavy (non-hydrogen) atoms. The normalized spacial score (nSPS) is 20.1. The van der Waals surface area contributed by atoms with E-state index < -0.39 is 11.8 Å². The Kier molecular flexibility index (Phi) is 7.03. The van der Waals surface area contributed by atoms with Crippen molar-refractivity contribution in [3.8, 4) is 0 Å². The number of nitrogens with one attached hydrogen (secondary N) is 3. The lowest BCUT2D eigenvalue weighted by Gasteiger charge is -2.22. The van der Waals surface area contributed by atoms with Crippen molar-refractivity contribution in [3.63, 3.8) is 0 Å². The molecule has 0 bridgehead atoms. The van der Waals surface area contributed by atoms with Crippen LogP contribution in [0.1, 0.15) is 55.8 Å². The number of hydrogen-bond acceptors (Lipinski definition) is 4. The molecule has 1 atom stereocenters. The molecule has 0 radical (unpaired) electrons. The third kappa shape index (κ3) is 5.10. The van der Waals surface area contributed by atoms with E-state index >= 15 is 0 Å². The molecule has 2 aliphatic rings. The van der Waals surface area contributed by atoms with Crippen LogP contribution in [-0.2, 0) is 9.59 Å². The molecule has 152 valence electrons. The lowest BCUT2D eigenvalue weighted by Crippen LogP contribution is -2.43. The summed E-state index contributed by atoms with van der Waals surface area (Å²) in [5, 5.41) is 8.33. The largest absolute Gasteiger partial charge is 0.349 e. The van der Waals surface area contributed by atoms with E-state index in [-0.39, 0.29) is 18.0 Å². The van der Waals surface area contributed by atoms with Gasteiger partial charge in [-0.05, 0) is 50.9 Å². The average molecular weight is 386 g/mol. The topological polar surface area (TPSA) is 90.5 Å². The summed E-state index contributed by atoms with van der Waals surface area (Å²) in [6.45, 7) is 4.53. The van der Waals surface area contributed by atoms with Crippen molar-refractivity contribution in [1.29, 1.82) is 0 Å². The van der Waals surface area contributed by atoms with Crippen LogP contribution in [-0.4, -0.2) is 54.3 Å². The predicted octanol–water partition coefficient (Wildman–Crippen LogP) is 1.90. The molecule has 3 N–H and O–H groups in total. The molecule has 3 amide bonds. The second-order valence-electron chi connectivity index (χ2n) is 7.59. The Balaban J connectivity index is 1.55. The first kappa shape index (κ1) is 20.3. The Morgan fingerprint density at radius 2 is 1.79 bits per heavy atom. The zero-order valence-corrected chi connectivity index (χ0v) is 16.5. The maximum Gasteiger partial charge on any atom is 0.313 e. The predicted molar refractivity (Wildman–Crippen MR) is 108 cm³/mol. The number of hydrogen-bond donors (Lipinski definition) is 3. The van der Waals surface area contributed by atoms with Gasteiger partial charge in [0.2, 0.25) is 0 Å². The molecule has 1 aromatic rings. The van der Waals surface area contributed by atoms with Gasteiger partial charge < -0.3 is 16.0 Å². The summed E-state index contributed by atoms with van der Waals surface area (Å²) in [5.41, 5.74) is 0.734. The van der Waals surface area contributed by atoms with Gasteiger partial charge >= 0.3 is 11.8 Å². The molecule has 2 fully saturated rings. The van der Waals surface area contributed by atoms with E-state index in [1.54, 1.807) is 24.3 Å². The molecule has 1 saturated heterocycles. The molecule has 0 aromatic heterocycles. The number of nitrogens with zero attached hydrogens (tertiary/aromatic N) is 1. The first-order valence-electron chi connectivity index (χ1n) is 10.3. The van der Waals surface area contributed by atoms with E-state index in [2.05, 4.69) is 27.8 Å². The van der Waals surface area contributed by atoms with Crippen molar-refractivity contribution in [2.24, 2.45) is 0 Å². The van der Waals surface area contributed by atoms with Gasteiger partial charge in [0, 0.05) is 18.6 Å². The van der Waals surface area contributed by atoms with Crippen LogP contribution in [0.2, 0.25) is 0 Å². The first-order valence-corrected chi connectivity index (χ1v) is 10.3. The molecule has 7 nitrogen and oxygen atoms in total. The SMILES string of the molecule is CCN1CCC[C@H]1CNC(=O)C(=O)Nc1ccccc1C(=O)NC1CCCC1. The number of anilines is 1. The van der Waals surface area contributed by atoms with Gasteiger partial charge in [-0.2, -0.15) is 0 Å². The molecule has 0 unspecified atom stereocenters. The number of carbonyl (C=O) groups excluding carboxylic acids is 3. The zero-order chi connectivity index (χ0) is 19.9. The van der Waals surface area contributed by atoms with Crippen LogP contribution in [0.5, 0.6) is 0 Å². The highest BCUT2D eigenvalue weighted by Crippen LogP contribution is 2.20. The molecule has 0 spiro atoms. The first-order chi connectivity index (χ1) is 13.6. The van der Waals surface area contributed by atoms with Crippen LogP contribution in [0.4, 0.5) is 5.69 Å². The molecule has 1 heterocycles. The quantitative estimate of drug-likeness (QED) is 0.652. The highest BCUT2D eigenvalue weighted by atomic mass is 16.2. The second-order valence-corrected chi connectivity index (χ2v) is 7.59. The fourth-order valence-corrected chi connectivity index (χ4v) is 4.14. The summed E-state index contributed by atoms with van der Waals surface area (Å²) in [6.07, 6.45) is 6.36. The lowest BCUT2D eigenvalue weighted by molar-refractivity contribution is -0.136. The minimum atomic E-state index is -0.748. The van der Waals surface area contributed by atoms with E-state index in [1.165, 1.54) is 0 Å². The van der Waals surface area contributed by atoms with Crippen LogP contribution >= 0.6 is 0 Å². The number of amides is 3. The van der Waals surface area contributed by atoms with Gasteiger partial charge in [-0.3, -0.25) is 19.3 Å². The summed E-state index contributed by atoms with van der Waals surface area (Å²) < 4.78 is 0. The molecule has 1 aromatic carbocycles. The lowest BCUT2D eigenvalue weighted by atomic mass is 10.1. The minimum Gasteiger partial charge on any atom is -0.349 e. The van der Waals surface area contributed by atoms with E-state index in [0.29, 0.717) is 17.8 Å². The highest BCUT2D eigenvalue weighted by Gasteiger charge is 2.25. The Morgan fingerprint density at radius 1 is 1.04 bits per heavy atom. The summed E-state index contributed by atoms with van der Waals surface area (Å²) in [4.78, 5) is 39.4. The number of para-hydroxylation sites is 1. The van der Waals surface area contributed by atoms with Gasteiger partial charge in [0.15, 0.2) is 0 Å². The Bertz CT molecular complexity index is 715. The van der Waals surface area contributed by atoms with Crippen LogP contribution < -0.4 is 16.0 Å². The molecule has 7 heteroatoms. The number of carbonyl (C=O) groups is 3. The highest BCUT2D eigenvalue weighted by molar-refractivity contribution is 6.40. The summed E-state index contributed by atoms with van der Waals surface area (Å²) >= 11 is 0. The van der Waals surface area contributed by atoms with Crippen molar-refractivity contribution in [3.05, 3.63) is 29.8 Å². The summed E-state index contributed by atoms with van der Waals surface area (Å²) in [7, 11) is 0. The van der Waals surface area contributed by atoms with Crippen molar-refractivity contribution in [2.75, 3.05) is 25.0 Å². The zero-order valence-electron chi connectivity index (χ0n) is 16.5. The molecule has 1 aliphatic carbocycles. The fraction of sp³-hybridized carbons (Fsp3) is 0.571. The standard InChI is InChI=1S/C21H30N4O3/c1-2-25-13-7-10-16(25)14-22-20(27)21(28)24-18-12-6-5-11-17(18)19(26)23-15-8-3-4-9-15/h5-6,11-12,15-16H,2-4,7-10,13-14H2,1H3,(H,22,27)(H,23,26)(H,24,28)/t16-/m0/s1. The Morgan fingerprint density at radius 3 is 2.54 bits per heavy atom. The molecule has 1 aliphatic heterocycles. The van der Waals surface area contributed by atoms with E-state index in [1.807, 2.05) is 0 Å². The van der Waals surface area contributed by atoms with Gasteiger partial charge in [-0.1, -0.05) is 31.9 Å². The molecular formula is C21H30N4O3. The van der Waals surface area contributed by atoms with Gasteiger partial charge in [-0.15, -0.1) is 0 Å². The van der Waals surface area contributed by atoms with Gasteiger partial charge in [0.05, 0.1) is 11.3 Å².